The van der Waals surface area contributed by atoms with Crippen molar-refractivity contribution in [2.24, 2.45) is 0 Å². The molecule has 1 unspecified atom stereocenters. The number of carbonyl (C=O) groups excluding carboxylic acids is 1. The van der Waals surface area contributed by atoms with E-state index in [1.54, 1.807) is 22.9 Å². The van der Waals surface area contributed by atoms with Crippen LogP contribution in [-0.2, 0) is 4.79 Å². The Morgan fingerprint density at radius 1 is 1.42 bits per heavy atom. The number of aryl methyl sites for hydroxylation is 1. The van der Waals surface area contributed by atoms with Crippen molar-refractivity contribution in [2.75, 3.05) is 18.1 Å². The summed E-state index contributed by atoms with van der Waals surface area (Å²) < 4.78 is 1.97. The van der Waals surface area contributed by atoms with Gasteiger partial charge in [-0.3, -0.25) is 14.2 Å². The summed E-state index contributed by atoms with van der Waals surface area (Å²) in [4.78, 5) is 30.2. The number of thioether (sulfide) groups is 1. The Hall–Kier alpha value is -1.80. The molecule has 0 saturated carbocycles. The van der Waals surface area contributed by atoms with Crippen molar-refractivity contribution in [1.29, 1.82) is 0 Å². The summed E-state index contributed by atoms with van der Waals surface area (Å²) in [5, 5.41) is 11.8. The minimum atomic E-state index is -0.867. The summed E-state index contributed by atoms with van der Waals surface area (Å²) in [5.74, 6) is 0.557. The third-order valence-corrected chi connectivity index (χ3v) is 6.02. The van der Waals surface area contributed by atoms with Gasteiger partial charge in [-0.15, -0.1) is 11.3 Å². The summed E-state index contributed by atoms with van der Waals surface area (Å²) in [6, 6.07) is 1.62. The molecule has 1 atom stereocenters. The topological polar surface area (TPSA) is 75.4 Å². The van der Waals surface area contributed by atoms with Crippen molar-refractivity contribution in [3.8, 4) is 5.13 Å². The van der Waals surface area contributed by atoms with Gasteiger partial charge in [-0.2, -0.15) is 11.8 Å². The quantitative estimate of drug-likeness (QED) is 0.901. The van der Waals surface area contributed by atoms with Crippen LogP contribution in [0.2, 0.25) is 0 Å². The molecule has 128 valence electrons. The number of carboxylic acids is 1. The molecule has 8 heteroatoms. The van der Waals surface area contributed by atoms with E-state index in [2.05, 4.69) is 4.98 Å². The standard InChI is InChI=1S/C16H19N3O3S2/c1-10-7-13(11(2)19(10)16-17-3-5-24-16)15(22)18-4-6-23-9-12(18)8-14(20)21/h3,5,7,12H,4,6,8-9H2,1-2H3,(H,20,21). The maximum absolute atomic E-state index is 13.0. The largest absolute Gasteiger partial charge is 0.481 e. The monoisotopic (exact) mass is 365 g/mol. The van der Waals surface area contributed by atoms with E-state index >= 15 is 0 Å². The normalized spacial score (nSPS) is 17.9. The van der Waals surface area contributed by atoms with E-state index < -0.39 is 5.97 Å². The van der Waals surface area contributed by atoms with Gasteiger partial charge >= 0.3 is 5.97 Å². The fraction of sp³-hybridized carbons (Fsp3) is 0.438. The molecular formula is C16H19N3O3S2. The number of nitrogens with zero attached hydrogens (tertiary/aromatic N) is 3. The molecule has 3 heterocycles. The van der Waals surface area contributed by atoms with Crippen LogP contribution in [0, 0.1) is 13.8 Å². The number of hydrogen-bond donors (Lipinski definition) is 1. The van der Waals surface area contributed by atoms with Gasteiger partial charge in [0.25, 0.3) is 5.91 Å². The van der Waals surface area contributed by atoms with Gasteiger partial charge in [0.15, 0.2) is 5.13 Å². The van der Waals surface area contributed by atoms with E-state index in [9.17, 15) is 9.59 Å². The van der Waals surface area contributed by atoms with Gasteiger partial charge in [-0.1, -0.05) is 0 Å². The average Bonchev–Trinajstić information content (AvgIpc) is 3.14. The summed E-state index contributed by atoms with van der Waals surface area (Å²) in [5.41, 5.74) is 2.43. The van der Waals surface area contributed by atoms with Gasteiger partial charge < -0.3 is 10.0 Å². The maximum Gasteiger partial charge on any atom is 0.305 e. The molecule has 0 bridgehead atoms. The second-order valence-electron chi connectivity index (χ2n) is 5.76. The van der Waals surface area contributed by atoms with Crippen LogP contribution in [0.5, 0.6) is 0 Å². The molecule has 0 aliphatic carbocycles. The Labute approximate surface area is 148 Å². The zero-order chi connectivity index (χ0) is 17.3. The summed E-state index contributed by atoms with van der Waals surface area (Å²) in [7, 11) is 0. The second-order valence-corrected chi connectivity index (χ2v) is 7.78. The Bertz CT molecular complexity index is 755. The first-order valence-corrected chi connectivity index (χ1v) is 9.71. The molecule has 1 amide bonds. The highest BCUT2D eigenvalue weighted by Crippen LogP contribution is 2.26. The number of hydrogen-bond acceptors (Lipinski definition) is 5. The molecule has 1 aliphatic rings. The number of amides is 1. The minimum Gasteiger partial charge on any atom is -0.481 e. The fourth-order valence-corrected chi connectivity index (χ4v) is 4.86. The van der Waals surface area contributed by atoms with E-state index in [4.69, 9.17) is 5.11 Å². The van der Waals surface area contributed by atoms with Crippen LogP contribution >= 0.6 is 23.1 Å². The Morgan fingerprint density at radius 2 is 2.21 bits per heavy atom. The first kappa shape index (κ1) is 17.0. The van der Waals surface area contributed by atoms with Crippen molar-refractivity contribution in [3.05, 3.63) is 34.6 Å². The zero-order valence-corrected chi connectivity index (χ0v) is 15.2. The van der Waals surface area contributed by atoms with Crippen molar-refractivity contribution < 1.29 is 14.7 Å². The summed E-state index contributed by atoms with van der Waals surface area (Å²) in [6.45, 7) is 4.45. The van der Waals surface area contributed by atoms with Gasteiger partial charge in [0.05, 0.1) is 18.0 Å². The number of carbonyl (C=O) groups is 2. The molecule has 0 radical (unpaired) electrons. The fourth-order valence-electron chi connectivity index (χ4n) is 3.05. The second kappa shape index (κ2) is 6.98. The van der Waals surface area contributed by atoms with Gasteiger partial charge in [0, 0.05) is 41.0 Å². The van der Waals surface area contributed by atoms with Crippen molar-refractivity contribution in [1.82, 2.24) is 14.5 Å². The molecule has 2 aromatic heterocycles. The predicted octanol–water partition coefficient (Wildman–Crippen LogP) is 2.58. The molecule has 6 nitrogen and oxygen atoms in total. The smallest absolute Gasteiger partial charge is 0.305 e. The molecule has 0 spiro atoms. The van der Waals surface area contributed by atoms with E-state index in [1.165, 1.54) is 11.3 Å². The number of carboxylic acid groups (broad SMARTS) is 1. The lowest BCUT2D eigenvalue weighted by Crippen LogP contribution is -2.47. The van der Waals surface area contributed by atoms with Crippen LogP contribution < -0.4 is 0 Å². The van der Waals surface area contributed by atoms with E-state index in [-0.39, 0.29) is 18.4 Å². The molecule has 3 rings (SSSR count). The number of rotatable bonds is 4. The Balaban J connectivity index is 1.92. The molecule has 24 heavy (non-hydrogen) atoms. The molecule has 1 N–H and O–H groups in total. The lowest BCUT2D eigenvalue weighted by molar-refractivity contribution is -0.138. The Kier molecular flexibility index (Phi) is 4.96. The highest BCUT2D eigenvalue weighted by molar-refractivity contribution is 7.99. The molecule has 0 aromatic carbocycles. The summed E-state index contributed by atoms with van der Waals surface area (Å²) in [6.07, 6.45) is 1.73. The van der Waals surface area contributed by atoms with Crippen LogP contribution in [0.15, 0.2) is 17.6 Å². The van der Waals surface area contributed by atoms with Crippen LogP contribution in [0.3, 0.4) is 0 Å². The number of aliphatic carboxylic acids is 1. The predicted molar refractivity (Wildman–Crippen MR) is 95.3 cm³/mol. The average molecular weight is 365 g/mol. The molecular weight excluding hydrogens is 346 g/mol. The third-order valence-electron chi connectivity index (χ3n) is 4.17. The van der Waals surface area contributed by atoms with Gasteiger partial charge in [-0.05, 0) is 19.9 Å². The van der Waals surface area contributed by atoms with E-state index in [0.717, 1.165) is 22.3 Å². The van der Waals surface area contributed by atoms with E-state index in [0.29, 0.717) is 17.9 Å². The molecule has 1 fully saturated rings. The lowest BCUT2D eigenvalue weighted by Gasteiger charge is -2.34. The van der Waals surface area contributed by atoms with Crippen LogP contribution in [0.25, 0.3) is 5.13 Å². The molecule has 1 aliphatic heterocycles. The first-order chi connectivity index (χ1) is 11.5. The maximum atomic E-state index is 13.0. The molecule has 2 aromatic rings. The highest BCUT2D eigenvalue weighted by Gasteiger charge is 2.31. The van der Waals surface area contributed by atoms with Crippen molar-refractivity contribution in [2.45, 2.75) is 26.3 Å². The van der Waals surface area contributed by atoms with Crippen molar-refractivity contribution >= 4 is 35.0 Å². The number of thiazole rings is 1. The Morgan fingerprint density at radius 3 is 2.88 bits per heavy atom. The lowest BCUT2D eigenvalue weighted by atomic mass is 10.1. The first-order valence-electron chi connectivity index (χ1n) is 7.68. The summed E-state index contributed by atoms with van der Waals surface area (Å²) >= 11 is 3.22. The van der Waals surface area contributed by atoms with Crippen LogP contribution in [-0.4, -0.2) is 55.5 Å². The highest BCUT2D eigenvalue weighted by atomic mass is 32.2. The van der Waals surface area contributed by atoms with Crippen LogP contribution in [0.1, 0.15) is 28.2 Å². The zero-order valence-electron chi connectivity index (χ0n) is 13.6. The van der Waals surface area contributed by atoms with Gasteiger partial charge in [0.1, 0.15) is 0 Å². The third kappa shape index (κ3) is 3.21. The van der Waals surface area contributed by atoms with Gasteiger partial charge in [-0.25, -0.2) is 4.98 Å². The minimum absolute atomic E-state index is 0.00996. The van der Waals surface area contributed by atoms with E-state index in [1.807, 2.05) is 29.9 Å². The van der Waals surface area contributed by atoms with Crippen molar-refractivity contribution in [3.63, 3.8) is 0 Å². The SMILES string of the molecule is Cc1cc(C(=O)N2CCSCC2CC(=O)O)c(C)n1-c1nccs1. The van der Waals surface area contributed by atoms with Crippen LogP contribution in [0.4, 0.5) is 0 Å². The number of aromatic nitrogens is 2. The molecule has 1 saturated heterocycles. The van der Waals surface area contributed by atoms with Gasteiger partial charge in [0.2, 0.25) is 0 Å².